The lowest BCUT2D eigenvalue weighted by Gasteiger charge is -2.18. The average molecular weight is 304 g/mol. The summed E-state index contributed by atoms with van der Waals surface area (Å²) in [7, 11) is 0. The van der Waals surface area contributed by atoms with E-state index in [0.29, 0.717) is 18.1 Å². The third-order valence-corrected chi connectivity index (χ3v) is 3.98. The van der Waals surface area contributed by atoms with Crippen LogP contribution < -0.4 is 15.0 Å². The lowest BCUT2D eigenvalue weighted by atomic mass is 10.1. The van der Waals surface area contributed by atoms with E-state index in [0.717, 1.165) is 18.7 Å². The number of carbonyl (C=O) groups is 2. The topological polar surface area (TPSA) is 58.6 Å². The minimum atomic E-state index is -0.125. The zero-order chi connectivity index (χ0) is 16.1. The van der Waals surface area contributed by atoms with Crippen LogP contribution in [0, 0.1) is 5.92 Å². The maximum atomic E-state index is 11.8. The molecule has 1 saturated heterocycles. The Balaban J connectivity index is 1.84. The molecule has 1 aromatic rings. The molecule has 5 nitrogen and oxygen atoms in total. The maximum absolute atomic E-state index is 11.8. The molecule has 1 atom stereocenters. The van der Waals surface area contributed by atoms with Crippen LogP contribution in [0.4, 0.5) is 5.69 Å². The fraction of sp³-hybridized carbons (Fsp3) is 0.529. The van der Waals surface area contributed by atoms with E-state index in [1.807, 2.05) is 19.1 Å². The first-order chi connectivity index (χ1) is 10.5. The minimum Gasteiger partial charge on any atom is -0.484 e. The molecule has 120 valence electrons. The van der Waals surface area contributed by atoms with Gasteiger partial charge in [0.15, 0.2) is 6.61 Å². The van der Waals surface area contributed by atoms with Crippen LogP contribution in [0.15, 0.2) is 24.3 Å². The SMILES string of the molecule is CC(C)[C@H](C)NC(=O)COc1ccc(N2CCCC2=O)cc1. The van der Waals surface area contributed by atoms with E-state index < -0.39 is 0 Å². The molecule has 1 aliphatic rings. The molecule has 5 heteroatoms. The standard InChI is InChI=1S/C17H24N2O3/c1-12(2)13(3)18-16(20)11-22-15-8-6-14(7-9-15)19-10-4-5-17(19)21/h6-9,12-13H,4-5,10-11H2,1-3H3,(H,18,20)/t13-/m0/s1. The molecule has 0 spiro atoms. The number of nitrogens with one attached hydrogen (secondary N) is 1. The average Bonchev–Trinajstić information content (AvgIpc) is 2.91. The molecule has 1 aliphatic heterocycles. The molecule has 1 aromatic carbocycles. The molecular formula is C17H24N2O3. The lowest BCUT2D eigenvalue weighted by Crippen LogP contribution is -2.38. The van der Waals surface area contributed by atoms with Crippen molar-refractivity contribution in [1.82, 2.24) is 5.32 Å². The summed E-state index contributed by atoms with van der Waals surface area (Å²) in [6.45, 7) is 6.87. The van der Waals surface area contributed by atoms with Gasteiger partial charge in [0.25, 0.3) is 5.91 Å². The van der Waals surface area contributed by atoms with Gasteiger partial charge in [-0.1, -0.05) is 13.8 Å². The minimum absolute atomic E-state index is 0.000941. The molecule has 0 unspecified atom stereocenters. The number of carbonyl (C=O) groups excluding carboxylic acids is 2. The van der Waals surface area contributed by atoms with Crippen molar-refractivity contribution in [3.05, 3.63) is 24.3 Å². The molecule has 1 heterocycles. The highest BCUT2D eigenvalue weighted by molar-refractivity contribution is 5.95. The Hall–Kier alpha value is -2.04. The number of hydrogen-bond donors (Lipinski definition) is 1. The van der Waals surface area contributed by atoms with Gasteiger partial charge >= 0.3 is 0 Å². The predicted molar refractivity (Wildman–Crippen MR) is 86.0 cm³/mol. The summed E-state index contributed by atoms with van der Waals surface area (Å²) in [5.74, 6) is 1.06. The van der Waals surface area contributed by atoms with Gasteiger partial charge in [0.1, 0.15) is 5.75 Å². The number of benzene rings is 1. The van der Waals surface area contributed by atoms with Gasteiger partial charge in [-0.15, -0.1) is 0 Å². The Morgan fingerprint density at radius 1 is 1.27 bits per heavy atom. The molecular weight excluding hydrogens is 280 g/mol. The van der Waals surface area contributed by atoms with Crippen LogP contribution in [-0.4, -0.2) is 31.0 Å². The van der Waals surface area contributed by atoms with E-state index in [4.69, 9.17) is 4.74 Å². The van der Waals surface area contributed by atoms with Gasteiger partial charge in [0.2, 0.25) is 5.91 Å². The predicted octanol–water partition coefficient (Wildman–Crippen LogP) is 2.35. The van der Waals surface area contributed by atoms with Crippen molar-refractivity contribution < 1.29 is 14.3 Å². The third-order valence-electron chi connectivity index (χ3n) is 3.98. The number of ether oxygens (including phenoxy) is 1. The van der Waals surface area contributed by atoms with E-state index >= 15 is 0 Å². The molecule has 0 bridgehead atoms. The van der Waals surface area contributed by atoms with Crippen LogP contribution in [0.3, 0.4) is 0 Å². The largest absolute Gasteiger partial charge is 0.484 e. The van der Waals surface area contributed by atoms with E-state index in [1.54, 1.807) is 17.0 Å². The molecule has 1 fully saturated rings. The van der Waals surface area contributed by atoms with Crippen LogP contribution in [-0.2, 0) is 9.59 Å². The van der Waals surface area contributed by atoms with Crippen molar-refractivity contribution in [2.45, 2.75) is 39.7 Å². The van der Waals surface area contributed by atoms with Crippen molar-refractivity contribution in [2.75, 3.05) is 18.1 Å². The number of amides is 2. The first-order valence-electron chi connectivity index (χ1n) is 7.80. The first-order valence-corrected chi connectivity index (χ1v) is 7.80. The molecule has 0 saturated carbocycles. The molecule has 2 amide bonds. The Bertz CT molecular complexity index is 525. The van der Waals surface area contributed by atoms with Crippen molar-refractivity contribution >= 4 is 17.5 Å². The second-order valence-corrected chi connectivity index (χ2v) is 6.03. The van der Waals surface area contributed by atoms with E-state index in [1.165, 1.54) is 0 Å². The van der Waals surface area contributed by atoms with Crippen molar-refractivity contribution in [3.63, 3.8) is 0 Å². The number of nitrogens with zero attached hydrogens (tertiary/aromatic N) is 1. The molecule has 1 N–H and O–H groups in total. The second kappa shape index (κ2) is 7.29. The molecule has 0 aliphatic carbocycles. The highest BCUT2D eigenvalue weighted by Crippen LogP contribution is 2.23. The van der Waals surface area contributed by atoms with E-state index in [-0.39, 0.29) is 24.5 Å². The Morgan fingerprint density at radius 3 is 2.50 bits per heavy atom. The zero-order valence-electron chi connectivity index (χ0n) is 13.5. The second-order valence-electron chi connectivity index (χ2n) is 6.03. The number of rotatable bonds is 6. The van der Waals surface area contributed by atoms with Gasteiger partial charge in [-0.2, -0.15) is 0 Å². The van der Waals surface area contributed by atoms with Crippen LogP contribution in [0.1, 0.15) is 33.6 Å². The summed E-state index contributed by atoms with van der Waals surface area (Å²) in [4.78, 5) is 25.2. The number of hydrogen-bond acceptors (Lipinski definition) is 3. The normalized spacial score (nSPS) is 16.0. The van der Waals surface area contributed by atoms with Crippen molar-refractivity contribution in [3.8, 4) is 5.75 Å². The van der Waals surface area contributed by atoms with Gasteiger partial charge in [-0.3, -0.25) is 9.59 Å². The van der Waals surface area contributed by atoms with Crippen LogP contribution in [0.2, 0.25) is 0 Å². The fourth-order valence-corrected chi connectivity index (χ4v) is 2.25. The van der Waals surface area contributed by atoms with Gasteiger partial charge in [-0.05, 0) is 43.5 Å². The van der Waals surface area contributed by atoms with Gasteiger partial charge in [-0.25, -0.2) is 0 Å². The summed E-state index contributed by atoms with van der Waals surface area (Å²) >= 11 is 0. The fourth-order valence-electron chi connectivity index (χ4n) is 2.25. The van der Waals surface area contributed by atoms with Crippen molar-refractivity contribution in [1.29, 1.82) is 0 Å². The molecule has 2 rings (SSSR count). The highest BCUT2D eigenvalue weighted by atomic mass is 16.5. The molecule has 0 radical (unpaired) electrons. The number of anilines is 1. The van der Waals surface area contributed by atoms with Crippen molar-refractivity contribution in [2.24, 2.45) is 5.92 Å². The van der Waals surface area contributed by atoms with Crippen LogP contribution >= 0.6 is 0 Å². The third kappa shape index (κ3) is 4.23. The molecule has 0 aromatic heterocycles. The van der Waals surface area contributed by atoms with E-state index in [9.17, 15) is 9.59 Å². The maximum Gasteiger partial charge on any atom is 0.258 e. The van der Waals surface area contributed by atoms with Gasteiger partial charge in [0, 0.05) is 24.7 Å². The monoisotopic (exact) mass is 304 g/mol. The lowest BCUT2D eigenvalue weighted by molar-refractivity contribution is -0.124. The van der Waals surface area contributed by atoms with Crippen LogP contribution in [0.5, 0.6) is 5.75 Å². The first kappa shape index (κ1) is 16.3. The summed E-state index contributed by atoms with van der Waals surface area (Å²) in [5, 5.41) is 2.89. The van der Waals surface area contributed by atoms with Gasteiger partial charge in [0.05, 0.1) is 0 Å². The summed E-state index contributed by atoms with van der Waals surface area (Å²) < 4.78 is 5.48. The van der Waals surface area contributed by atoms with E-state index in [2.05, 4.69) is 19.2 Å². The smallest absolute Gasteiger partial charge is 0.258 e. The Morgan fingerprint density at radius 2 is 1.95 bits per heavy atom. The summed E-state index contributed by atoms with van der Waals surface area (Å²) in [6, 6.07) is 7.42. The van der Waals surface area contributed by atoms with Gasteiger partial charge < -0.3 is 15.0 Å². The quantitative estimate of drug-likeness (QED) is 0.877. The summed E-state index contributed by atoms with van der Waals surface area (Å²) in [6.07, 6.45) is 1.53. The van der Waals surface area contributed by atoms with Crippen LogP contribution in [0.25, 0.3) is 0 Å². The summed E-state index contributed by atoms with van der Waals surface area (Å²) in [5.41, 5.74) is 0.882. The molecule has 22 heavy (non-hydrogen) atoms. The Labute approximate surface area is 131 Å². The Kier molecular flexibility index (Phi) is 5.41. The zero-order valence-corrected chi connectivity index (χ0v) is 13.5. The highest BCUT2D eigenvalue weighted by Gasteiger charge is 2.21.